The Morgan fingerprint density at radius 3 is 2.19 bits per heavy atom. The Hall–Kier alpha value is -3.14. The summed E-state index contributed by atoms with van der Waals surface area (Å²) in [5.74, 6) is 0.815. The van der Waals surface area contributed by atoms with Gasteiger partial charge in [-0.05, 0) is 75.6 Å². The summed E-state index contributed by atoms with van der Waals surface area (Å²) in [7, 11) is 3.13. The third-order valence-electron chi connectivity index (χ3n) is 4.63. The van der Waals surface area contributed by atoms with Crippen LogP contribution in [0.5, 0.6) is 17.2 Å². The molecular formula is C22H20BrF3N2O4. The topological polar surface area (TPSA) is 68.8 Å². The highest BCUT2D eigenvalue weighted by Crippen LogP contribution is 2.34. The number of urea groups is 1. The maximum absolute atomic E-state index is 12.4. The molecule has 1 unspecified atom stereocenters. The van der Waals surface area contributed by atoms with Gasteiger partial charge in [-0.1, -0.05) is 12.1 Å². The highest BCUT2D eigenvalue weighted by molar-refractivity contribution is 9.10. The van der Waals surface area contributed by atoms with Crippen molar-refractivity contribution in [1.29, 1.82) is 0 Å². The van der Waals surface area contributed by atoms with E-state index in [4.69, 9.17) is 9.47 Å². The molecule has 0 aromatic heterocycles. The van der Waals surface area contributed by atoms with E-state index >= 15 is 0 Å². The number of ether oxygens (including phenoxy) is 3. The van der Waals surface area contributed by atoms with Gasteiger partial charge in [-0.3, -0.25) is 0 Å². The number of fused-ring (bicyclic) bond motifs is 1. The molecule has 10 heteroatoms. The number of amides is 2. The van der Waals surface area contributed by atoms with E-state index in [1.54, 1.807) is 14.2 Å². The Morgan fingerprint density at radius 1 is 0.938 bits per heavy atom. The first-order valence-corrected chi connectivity index (χ1v) is 10.2. The van der Waals surface area contributed by atoms with Crippen LogP contribution in [0.1, 0.15) is 18.5 Å². The van der Waals surface area contributed by atoms with Crippen molar-refractivity contribution in [2.45, 2.75) is 19.3 Å². The molecule has 1 atom stereocenters. The minimum absolute atomic E-state index is 0.0552. The van der Waals surface area contributed by atoms with E-state index in [0.29, 0.717) is 17.2 Å². The van der Waals surface area contributed by atoms with Gasteiger partial charge in [0.1, 0.15) is 5.75 Å². The van der Waals surface area contributed by atoms with Crippen molar-refractivity contribution in [3.05, 3.63) is 58.6 Å². The van der Waals surface area contributed by atoms with Gasteiger partial charge in [0, 0.05) is 5.69 Å². The molecule has 6 nitrogen and oxygen atoms in total. The van der Waals surface area contributed by atoms with E-state index in [2.05, 4.69) is 31.3 Å². The Kier molecular flexibility index (Phi) is 7.02. The summed E-state index contributed by atoms with van der Waals surface area (Å²) in [6.07, 6.45) is -4.81. The van der Waals surface area contributed by atoms with Crippen LogP contribution in [-0.4, -0.2) is 26.6 Å². The van der Waals surface area contributed by atoms with Crippen molar-refractivity contribution in [1.82, 2.24) is 5.32 Å². The highest BCUT2D eigenvalue weighted by Gasteiger charge is 2.32. The number of anilines is 1. The molecule has 3 rings (SSSR count). The summed E-state index contributed by atoms with van der Waals surface area (Å²) in [5, 5.41) is 7.26. The number of rotatable bonds is 6. The molecular weight excluding hydrogens is 493 g/mol. The summed E-state index contributed by atoms with van der Waals surface area (Å²) in [6.45, 7) is 1.82. The lowest BCUT2D eigenvalue weighted by molar-refractivity contribution is -0.274. The lowest BCUT2D eigenvalue weighted by atomic mass is 10.0. The Balaban J connectivity index is 1.70. The summed E-state index contributed by atoms with van der Waals surface area (Å²) < 4.78 is 51.7. The Labute approximate surface area is 190 Å². The molecule has 2 amide bonds. The molecule has 0 aliphatic heterocycles. The van der Waals surface area contributed by atoms with Crippen LogP contribution in [0.2, 0.25) is 0 Å². The van der Waals surface area contributed by atoms with Crippen LogP contribution < -0.4 is 24.8 Å². The van der Waals surface area contributed by atoms with Crippen molar-refractivity contribution in [2.24, 2.45) is 0 Å². The molecule has 0 radical (unpaired) electrons. The predicted molar refractivity (Wildman–Crippen MR) is 118 cm³/mol. The number of nitrogens with one attached hydrogen (secondary N) is 2. The van der Waals surface area contributed by atoms with Gasteiger partial charge < -0.3 is 24.8 Å². The predicted octanol–water partition coefficient (Wildman–Crippen LogP) is 6.40. The number of carbonyl (C=O) groups excluding carboxylic acids is 1. The van der Waals surface area contributed by atoms with Crippen LogP contribution in [0.4, 0.5) is 23.7 Å². The second-order valence-electron chi connectivity index (χ2n) is 6.83. The van der Waals surface area contributed by atoms with Gasteiger partial charge in [0.15, 0.2) is 11.5 Å². The monoisotopic (exact) mass is 512 g/mol. The van der Waals surface area contributed by atoms with E-state index < -0.39 is 18.1 Å². The number of carbonyl (C=O) groups is 1. The van der Waals surface area contributed by atoms with Crippen LogP contribution in [0.25, 0.3) is 10.8 Å². The van der Waals surface area contributed by atoms with E-state index in [0.717, 1.165) is 22.4 Å². The molecule has 3 aromatic carbocycles. The zero-order valence-electron chi connectivity index (χ0n) is 17.3. The molecule has 0 saturated carbocycles. The highest BCUT2D eigenvalue weighted by atomic mass is 79.9. The minimum Gasteiger partial charge on any atom is -0.493 e. The molecule has 0 spiro atoms. The van der Waals surface area contributed by atoms with Crippen molar-refractivity contribution >= 4 is 38.4 Å². The molecule has 0 bridgehead atoms. The third-order valence-corrected chi connectivity index (χ3v) is 5.25. The number of alkyl halides is 3. The maximum atomic E-state index is 12.4. The Bertz CT molecular complexity index is 1140. The van der Waals surface area contributed by atoms with Crippen molar-refractivity contribution in [3.63, 3.8) is 0 Å². The van der Waals surface area contributed by atoms with Crippen LogP contribution in [-0.2, 0) is 0 Å². The zero-order chi connectivity index (χ0) is 23.5. The standard InChI is InChI=1S/C22H20BrF3N2O4/c1-12(13-4-5-14-9-19(30-2)20(31-3)10-15(14)8-13)27-21(29)28-16-6-7-18(17(23)11-16)32-22(24,25)26/h4-12H,1-3H3,(H2,27,28,29). The van der Waals surface area contributed by atoms with E-state index in [1.807, 2.05) is 37.3 Å². The lowest BCUT2D eigenvalue weighted by Crippen LogP contribution is -2.31. The molecule has 3 aromatic rings. The van der Waals surface area contributed by atoms with Crippen LogP contribution in [0.3, 0.4) is 0 Å². The first-order valence-electron chi connectivity index (χ1n) is 9.38. The van der Waals surface area contributed by atoms with Gasteiger partial charge in [0.2, 0.25) is 0 Å². The molecule has 0 saturated heterocycles. The van der Waals surface area contributed by atoms with Gasteiger partial charge >= 0.3 is 12.4 Å². The molecule has 0 fully saturated rings. The fourth-order valence-corrected chi connectivity index (χ4v) is 3.56. The molecule has 32 heavy (non-hydrogen) atoms. The first kappa shape index (κ1) is 23.5. The van der Waals surface area contributed by atoms with E-state index in [1.165, 1.54) is 12.1 Å². The second kappa shape index (κ2) is 9.56. The fraction of sp³-hybridized carbons (Fsp3) is 0.227. The first-order chi connectivity index (χ1) is 15.1. The summed E-state index contributed by atoms with van der Waals surface area (Å²) in [6, 6.07) is 12.3. The van der Waals surface area contributed by atoms with Crippen LogP contribution >= 0.6 is 15.9 Å². The van der Waals surface area contributed by atoms with Crippen LogP contribution in [0, 0.1) is 0 Å². The largest absolute Gasteiger partial charge is 0.573 e. The van der Waals surface area contributed by atoms with Gasteiger partial charge in [-0.2, -0.15) is 0 Å². The Morgan fingerprint density at radius 2 is 1.59 bits per heavy atom. The van der Waals surface area contributed by atoms with E-state index in [9.17, 15) is 18.0 Å². The van der Waals surface area contributed by atoms with Gasteiger partial charge in [-0.15, -0.1) is 13.2 Å². The lowest BCUT2D eigenvalue weighted by Gasteiger charge is -2.17. The van der Waals surface area contributed by atoms with Gasteiger partial charge in [0.25, 0.3) is 0 Å². The number of hydrogen-bond donors (Lipinski definition) is 2. The normalized spacial score (nSPS) is 12.2. The average Bonchev–Trinajstić information content (AvgIpc) is 2.73. The van der Waals surface area contributed by atoms with Gasteiger partial charge in [0.05, 0.1) is 24.7 Å². The average molecular weight is 513 g/mol. The molecule has 0 aliphatic carbocycles. The zero-order valence-corrected chi connectivity index (χ0v) is 18.9. The van der Waals surface area contributed by atoms with E-state index in [-0.39, 0.29) is 10.5 Å². The summed E-state index contributed by atoms with van der Waals surface area (Å²) >= 11 is 3.01. The molecule has 0 heterocycles. The SMILES string of the molecule is COc1cc2ccc(C(C)NC(=O)Nc3ccc(OC(F)(F)F)c(Br)c3)cc2cc1OC. The minimum atomic E-state index is -4.81. The molecule has 170 valence electrons. The number of halogens is 4. The van der Waals surface area contributed by atoms with Crippen molar-refractivity contribution < 1.29 is 32.2 Å². The van der Waals surface area contributed by atoms with Crippen molar-refractivity contribution in [3.8, 4) is 17.2 Å². The summed E-state index contributed by atoms with van der Waals surface area (Å²) in [5.41, 5.74) is 1.15. The van der Waals surface area contributed by atoms with Gasteiger partial charge in [-0.25, -0.2) is 4.79 Å². The van der Waals surface area contributed by atoms with Crippen molar-refractivity contribution in [2.75, 3.05) is 19.5 Å². The van der Waals surface area contributed by atoms with Crippen LogP contribution in [0.15, 0.2) is 53.0 Å². The number of benzene rings is 3. The number of methoxy groups -OCH3 is 2. The quantitative estimate of drug-likeness (QED) is 0.400. The smallest absolute Gasteiger partial charge is 0.493 e. The fourth-order valence-electron chi connectivity index (χ4n) is 3.10. The molecule has 0 aliphatic rings. The second-order valence-corrected chi connectivity index (χ2v) is 7.68. The third kappa shape index (κ3) is 5.76. The summed E-state index contributed by atoms with van der Waals surface area (Å²) in [4.78, 5) is 12.4. The maximum Gasteiger partial charge on any atom is 0.573 e. The number of hydrogen-bond acceptors (Lipinski definition) is 4. The molecule has 2 N–H and O–H groups in total.